The van der Waals surface area contributed by atoms with Crippen LogP contribution in [-0.2, 0) is 4.79 Å². The van der Waals surface area contributed by atoms with E-state index in [1.165, 1.54) is 17.6 Å². The summed E-state index contributed by atoms with van der Waals surface area (Å²) in [5.74, 6) is 0.318. The molecule has 0 aliphatic heterocycles. The van der Waals surface area contributed by atoms with E-state index in [9.17, 15) is 4.79 Å². The van der Waals surface area contributed by atoms with E-state index in [-0.39, 0.29) is 5.41 Å². The second-order valence-electron chi connectivity index (χ2n) is 4.53. The fourth-order valence-corrected chi connectivity index (χ4v) is 3.00. The summed E-state index contributed by atoms with van der Waals surface area (Å²) in [4.78, 5) is 11.4. The summed E-state index contributed by atoms with van der Waals surface area (Å²) < 4.78 is 0. The molecule has 0 spiro atoms. The minimum atomic E-state index is 0.201. The third kappa shape index (κ3) is 1.26. The van der Waals surface area contributed by atoms with Gasteiger partial charge in [-0.1, -0.05) is 24.6 Å². The topological polar surface area (TPSA) is 17.1 Å². The van der Waals surface area contributed by atoms with Crippen LogP contribution < -0.4 is 0 Å². The molecule has 1 unspecified atom stereocenters. The fraction of sp³-hybridized carbons (Fsp3) is 0.615. The molecule has 0 aromatic rings. The Bertz CT molecular complexity index is 311. The van der Waals surface area contributed by atoms with Gasteiger partial charge in [0.25, 0.3) is 0 Å². The van der Waals surface area contributed by atoms with Crippen LogP contribution in [0, 0.1) is 5.41 Å². The van der Waals surface area contributed by atoms with Crippen LogP contribution in [0.3, 0.4) is 0 Å². The van der Waals surface area contributed by atoms with Crippen molar-refractivity contribution in [1.82, 2.24) is 0 Å². The Morgan fingerprint density at radius 2 is 2.21 bits per heavy atom. The molecule has 0 N–H and O–H groups in total. The summed E-state index contributed by atoms with van der Waals surface area (Å²) in [5.41, 5.74) is 2.93. The van der Waals surface area contributed by atoms with Crippen LogP contribution >= 0.6 is 0 Å². The van der Waals surface area contributed by atoms with Crippen molar-refractivity contribution >= 4 is 5.78 Å². The largest absolute Gasteiger partial charge is 0.295 e. The molecule has 2 aliphatic carbocycles. The highest BCUT2D eigenvalue weighted by Gasteiger charge is 2.39. The van der Waals surface area contributed by atoms with E-state index in [0.717, 1.165) is 32.1 Å². The Balaban J connectivity index is 2.42. The lowest BCUT2D eigenvalue weighted by Crippen LogP contribution is -2.32. The normalized spacial score (nSPS) is 32.5. The molecule has 1 fully saturated rings. The van der Waals surface area contributed by atoms with E-state index < -0.39 is 0 Å². The summed E-state index contributed by atoms with van der Waals surface area (Å²) in [6.07, 6.45) is 8.18. The van der Waals surface area contributed by atoms with Gasteiger partial charge >= 0.3 is 0 Å². The van der Waals surface area contributed by atoms with E-state index in [1.54, 1.807) is 0 Å². The van der Waals surface area contributed by atoms with Crippen LogP contribution in [0.2, 0.25) is 0 Å². The Hall–Kier alpha value is -0.850. The first-order chi connectivity index (χ1) is 6.69. The van der Waals surface area contributed by atoms with Crippen molar-refractivity contribution < 1.29 is 4.79 Å². The third-order valence-electron chi connectivity index (χ3n) is 3.95. The van der Waals surface area contributed by atoms with Gasteiger partial charge in [0, 0.05) is 11.8 Å². The summed E-state index contributed by atoms with van der Waals surface area (Å²) in [6.45, 7) is 6.44. The number of allylic oxidation sites excluding steroid dienone is 3. The number of rotatable bonds is 1. The van der Waals surface area contributed by atoms with Crippen LogP contribution in [0.25, 0.3) is 0 Å². The van der Waals surface area contributed by atoms with Crippen molar-refractivity contribution in [3.8, 4) is 0 Å². The Kier molecular flexibility index (Phi) is 2.34. The van der Waals surface area contributed by atoms with Crippen molar-refractivity contribution in [2.24, 2.45) is 5.41 Å². The van der Waals surface area contributed by atoms with Gasteiger partial charge in [0.15, 0.2) is 5.78 Å². The Labute approximate surface area is 85.9 Å². The monoisotopic (exact) mass is 190 g/mol. The van der Waals surface area contributed by atoms with E-state index in [1.807, 2.05) is 6.08 Å². The second kappa shape index (κ2) is 3.38. The van der Waals surface area contributed by atoms with E-state index in [4.69, 9.17) is 0 Å². The molecule has 2 rings (SSSR count). The predicted octanol–water partition coefficient (Wildman–Crippen LogP) is 3.41. The quantitative estimate of drug-likeness (QED) is 0.579. The van der Waals surface area contributed by atoms with Crippen LogP contribution in [0.5, 0.6) is 0 Å². The first kappa shape index (κ1) is 9.70. The summed E-state index contributed by atoms with van der Waals surface area (Å²) >= 11 is 0. The Morgan fingerprint density at radius 3 is 2.93 bits per heavy atom. The van der Waals surface area contributed by atoms with E-state index >= 15 is 0 Å². The number of hydrogen-bond acceptors (Lipinski definition) is 1. The smallest absolute Gasteiger partial charge is 0.155 e. The molecule has 0 heterocycles. The van der Waals surface area contributed by atoms with Gasteiger partial charge in [-0.25, -0.2) is 0 Å². The summed E-state index contributed by atoms with van der Waals surface area (Å²) in [7, 11) is 0. The van der Waals surface area contributed by atoms with Gasteiger partial charge < -0.3 is 0 Å². The Morgan fingerprint density at radius 1 is 1.43 bits per heavy atom. The molecule has 0 saturated heterocycles. The molecule has 0 aromatic carbocycles. The molecule has 1 atom stereocenters. The number of ketones is 1. The van der Waals surface area contributed by atoms with Crippen molar-refractivity contribution in [3.63, 3.8) is 0 Å². The maximum atomic E-state index is 11.4. The van der Waals surface area contributed by atoms with E-state index in [0.29, 0.717) is 5.78 Å². The number of carbonyl (C=O) groups is 1. The van der Waals surface area contributed by atoms with Crippen LogP contribution in [0.4, 0.5) is 0 Å². The second-order valence-corrected chi connectivity index (χ2v) is 4.53. The van der Waals surface area contributed by atoms with Crippen LogP contribution in [-0.4, -0.2) is 5.78 Å². The maximum Gasteiger partial charge on any atom is 0.155 e. The maximum absolute atomic E-state index is 11.4. The van der Waals surface area contributed by atoms with Crippen LogP contribution in [0.15, 0.2) is 23.8 Å². The lowest BCUT2D eigenvalue weighted by molar-refractivity contribution is -0.115. The molecule has 2 aliphatic rings. The van der Waals surface area contributed by atoms with Crippen molar-refractivity contribution in [2.75, 3.05) is 0 Å². The van der Waals surface area contributed by atoms with Crippen LogP contribution in [0.1, 0.15) is 45.4 Å². The van der Waals surface area contributed by atoms with Gasteiger partial charge in [-0.3, -0.25) is 4.79 Å². The summed E-state index contributed by atoms with van der Waals surface area (Å²) in [6, 6.07) is 0. The van der Waals surface area contributed by atoms with Gasteiger partial charge in [0.1, 0.15) is 0 Å². The first-order valence-electron chi connectivity index (χ1n) is 5.61. The fourth-order valence-electron chi connectivity index (χ4n) is 3.00. The molecular formula is C13H18O. The van der Waals surface area contributed by atoms with Gasteiger partial charge in [0.2, 0.25) is 0 Å². The molecule has 1 heteroatoms. The zero-order valence-electron chi connectivity index (χ0n) is 8.94. The highest BCUT2D eigenvalue weighted by molar-refractivity contribution is 5.92. The van der Waals surface area contributed by atoms with Gasteiger partial charge in [-0.15, -0.1) is 0 Å². The van der Waals surface area contributed by atoms with Crippen molar-refractivity contribution in [2.45, 2.75) is 45.4 Å². The highest BCUT2D eigenvalue weighted by atomic mass is 16.1. The van der Waals surface area contributed by atoms with E-state index in [2.05, 4.69) is 13.5 Å². The van der Waals surface area contributed by atoms with Gasteiger partial charge in [-0.2, -0.15) is 0 Å². The zero-order chi connectivity index (χ0) is 10.2. The lowest BCUT2D eigenvalue weighted by Gasteiger charge is -2.43. The molecule has 1 nitrogen and oxygen atoms in total. The molecule has 14 heavy (non-hydrogen) atoms. The average molecular weight is 190 g/mol. The molecule has 0 amide bonds. The molecule has 1 saturated carbocycles. The minimum absolute atomic E-state index is 0.201. The average Bonchev–Trinajstić information content (AvgIpc) is 2.18. The summed E-state index contributed by atoms with van der Waals surface area (Å²) in [5, 5.41) is 0. The number of hydrogen-bond donors (Lipinski definition) is 0. The number of fused-ring (bicyclic) bond motifs is 1. The lowest BCUT2D eigenvalue weighted by atomic mass is 9.61. The molecule has 0 bridgehead atoms. The SMILES string of the molecule is C=C1CCCC2=CC(=O)CCC12CC. The standard InChI is InChI=1S/C13H18O/c1-3-13-8-7-12(14)9-11(13)6-4-5-10(13)2/h9H,2-8H2,1H3. The highest BCUT2D eigenvalue weighted by Crippen LogP contribution is 2.51. The van der Waals surface area contributed by atoms with Gasteiger partial charge in [-0.05, 0) is 38.2 Å². The van der Waals surface area contributed by atoms with Crippen molar-refractivity contribution in [1.29, 1.82) is 0 Å². The third-order valence-corrected chi connectivity index (χ3v) is 3.95. The molecule has 0 aromatic heterocycles. The number of carbonyl (C=O) groups excluding carboxylic acids is 1. The van der Waals surface area contributed by atoms with Gasteiger partial charge in [0.05, 0.1) is 0 Å². The molecule has 76 valence electrons. The minimum Gasteiger partial charge on any atom is -0.295 e. The zero-order valence-corrected chi connectivity index (χ0v) is 8.94. The molecule has 0 radical (unpaired) electrons. The first-order valence-corrected chi connectivity index (χ1v) is 5.61. The predicted molar refractivity (Wildman–Crippen MR) is 58.0 cm³/mol. The molecular weight excluding hydrogens is 172 g/mol. The van der Waals surface area contributed by atoms with Crippen molar-refractivity contribution in [3.05, 3.63) is 23.8 Å².